The van der Waals surface area contributed by atoms with Crippen LogP contribution in [0.1, 0.15) is 23.0 Å². The summed E-state index contributed by atoms with van der Waals surface area (Å²) in [5, 5.41) is 0. The van der Waals surface area contributed by atoms with Crippen molar-refractivity contribution in [2.75, 3.05) is 25.0 Å². The molecule has 2 atom stereocenters. The summed E-state index contributed by atoms with van der Waals surface area (Å²) in [5.74, 6) is 1.56. The van der Waals surface area contributed by atoms with Crippen LogP contribution in [0.4, 0.5) is 0 Å². The van der Waals surface area contributed by atoms with Gasteiger partial charge in [-0.2, -0.15) is 0 Å². The Kier molecular flexibility index (Phi) is 7.08. The minimum Gasteiger partial charge on any atom is -0.380 e. The second-order valence-electron chi connectivity index (χ2n) is 5.06. The van der Waals surface area contributed by atoms with E-state index < -0.39 is 0 Å². The van der Waals surface area contributed by atoms with Crippen LogP contribution in [0.5, 0.6) is 0 Å². The van der Waals surface area contributed by atoms with Crippen molar-refractivity contribution in [1.82, 2.24) is 0 Å². The molecule has 0 bridgehead atoms. The van der Waals surface area contributed by atoms with Crippen LogP contribution in [0.25, 0.3) is 0 Å². The molecule has 0 amide bonds. The first kappa shape index (κ1) is 16.4. The number of halogens is 2. The molecule has 112 valence electrons. The molecular formula is C18H20Cl2O. The maximum Gasteiger partial charge on any atom is 0.0546 e. The summed E-state index contributed by atoms with van der Waals surface area (Å²) < 4.78 is 5.88. The summed E-state index contributed by atoms with van der Waals surface area (Å²) in [5.41, 5.74) is 2.43. The summed E-state index contributed by atoms with van der Waals surface area (Å²) in [4.78, 5) is 0. The highest BCUT2D eigenvalue weighted by atomic mass is 35.5. The third kappa shape index (κ3) is 5.03. The third-order valence-corrected chi connectivity index (χ3v) is 4.30. The number of rotatable bonds is 8. The van der Waals surface area contributed by atoms with Crippen molar-refractivity contribution in [3.63, 3.8) is 0 Å². The van der Waals surface area contributed by atoms with E-state index in [0.29, 0.717) is 25.0 Å². The summed E-state index contributed by atoms with van der Waals surface area (Å²) in [6.07, 6.45) is 0. The van der Waals surface area contributed by atoms with Crippen LogP contribution in [0.15, 0.2) is 60.7 Å². The average Bonchev–Trinajstić information content (AvgIpc) is 2.57. The summed E-state index contributed by atoms with van der Waals surface area (Å²) in [6, 6.07) is 20.5. The first-order valence-electron chi connectivity index (χ1n) is 7.14. The highest BCUT2D eigenvalue weighted by Gasteiger charge is 2.14. The van der Waals surface area contributed by atoms with Gasteiger partial charge in [-0.05, 0) is 11.1 Å². The van der Waals surface area contributed by atoms with E-state index in [1.165, 1.54) is 11.1 Å². The Morgan fingerprint density at radius 2 is 1.05 bits per heavy atom. The Bertz CT molecular complexity index is 454. The summed E-state index contributed by atoms with van der Waals surface area (Å²) in [6.45, 7) is 1.24. The Balaban J connectivity index is 1.87. The van der Waals surface area contributed by atoms with Crippen LogP contribution < -0.4 is 0 Å². The number of alkyl halides is 2. The minimum atomic E-state index is 0.222. The standard InChI is InChI=1S/C18H20Cl2O/c19-11-17(15-7-3-1-4-8-15)13-21-14-18(12-20)16-9-5-2-6-10-16/h1-10,17-18H,11-14H2. The van der Waals surface area contributed by atoms with E-state index in [0.717, 1.165) is 0 Å². The second-order valence-corrected chi connectivity index (χ2v) is 5.68. The first-order chi connectivity index (χ1) is 10.3. The molecule has 1 nitrogen and oxygen atoms in total. The van der Waals surface area contributed by atoms with Gasteiger partial charge in [0.2, 0.25) is 0 Å². The molecule has 2 rings (SSSR count). The van der Waals surface area contributed by atoms with Crippen LogP contribution >= 0.6 is 23.2 Å². The van der Waals surface area contributed by atoms with Crippen LogP contribution in [-0.4, -0.2) is 25.0 Å². The zero-order valence-corrected chi connectivity index (χ0v) is 13.4. The normalized spacial score (nSPS) is 13.8. The molecule has 0 fully saturated rings. The van der Waals surface area contributed by atoms with Gasteiger partial charge in [0.25, 0.3) is 0 Å². The van der Waals surface area contributed by atoms with Gasteiger partial charge in [-0.25, -0.2) is 0 Å². The fourth-order valence-electron chi connectivity index (χ4n) is 2.26. The van der Waals surface area contributed by atoms with Crippen molar-refractivity contribution in [3.05, 3.63) is 71.8 Å². The zero-order valence-electron chi connectivity index (χ0n) is 11.9. The minimum absolute atomic E-state index is 0.222. The van der Waals surface area contributed by atoms with Gasteiger partial charge >= 0.3 is 0 Å². The van der Waals surface area contributed by atoms with Gasteiger partial charge in [-0.3, -0.25) is 0 Å². The fourth-order valence-corrected chi connectivity index (χ4v) is 2.80. The number of hydrogen-bond donors (Lipinski definition) is 0. The van der Waals surface area contributed by atoms with Crippen molar-refractivity contribution in [2.45, 2.75) is 11.8 Å². The van der Waals surface area contributed by atoms with Gasteiger partial charge in [-0.1, -0.05) is 60.7 Å². The molecule has 0 aromatic heterocycles. The van der Waals surface area contributed by atoms with Gasteiger partial charge in [0.1, 0.15) is 0 Å². The van der Waals surface area contributed by atoms with Crippen LogP contribution in [0.2, 0.25) is 0 Å². The van der Waals surface area contributed by atoms with E-state index in [2.05, 4.69) is 24.3 Å². The van der Waals surface area contributed by atoms with E-state index in [1.54, 1.807) is 0 Å². The monoisotopic (exact) mass is 322 g/mol. The topological polar surface area (TPSA) is 9.23 Å². The molecule has 2 unspecified atom stereocenters. The van der Waals surface area contributed by atoms with Gasteiger partial charge in [0, 0.05) is 23.6 Å². The largest absolute Gasteiger partial charge is 0.380 e. The lowest BCUT2D eigenvalue weighted by Crippen LogP contribution is -2.15. The van der Waals surface area contributed by atoms with E-state index >= 15 is 0 Å². The molecule has 2 aromatic rings. The molecular weight excluding hydrogens is 303 g/mol. The van der Waals surface area contributed by atoms with E-state index in [4.69, 9.17) is 27.9 Å². The molecule has 0 saturated carbocycles. The molecule has 0 radical (unpaired) electrons. The maximum absolute atomic E-state index is 6.06. The van der Waals surface area contributed by atoms with Gasteiger partial charge < -0.3 is 4.74 Å². The predicted molar refractivity (Wildman–Crippen MR) is 90.6 cm³/mol. The molecule has 0 N–H and O–H groups in total. The van der Waals surface area contributed by atoms with Crippen molar-refractivity contribution in [3.8, 4) is 0 Å². The Labute approximate surface area is 136 Å². The van der Waals surface area contributed by atoms with Crippen molar-refractivity contribution < 1.29 is 4.74 Å². The van der Waals surface area contributed by atoms with Crippen LogP contribution in [0.3, 0.4) is 0 Å². The summed E-state index contributed by atoms with van der Waals surface area (Å²) >= 11 is 12.1. The van der Waals surface area contributed by atoms with Crippen molar-refractivity contribution in [2.24, 2.45) is 0 Å². The SMILES string of the molecule is ClCC(COCC(CCl)c1ccccc1)c1ccccc1. The highest BCUT2D eigenvalue weighted by molar-refractivity contribution is 6.18. The number of ether oxygens (including phenoxy) is 1. The molecule has 0 heterocycles. The second kappa shape index (κ2) is 9.09. The zero-order chi connectivity index (χ0) is 14.9. The third-order valence-electron chi connectivity index (χ3n) is 3.55. The van der Waals surface area contributed by atoms with Crippen LogP contribution in [-0.2, 0) is 4.74 Å². The molecule has 2 aromatic carbocycles. The Morgan fingerprint density at radius 1 is 0.667 bits per heavy atom. The van der Waals surface area contributed by atoms with E-state index in [-0.39, 0.29) is 11.8 Å². The Morgan fingerprint density at radius 3 is 1.38 bits per heavy atom. The molecule has 0 spiro atoms. The van der Waals surface area contributed by atoms with Gasteiger partial charge in [0.15, 0.2) is 0 Å². The highest BCUT2D eigenvalue weighted by Crippen LogP contribution is 2.21. The van der Waals surface area contributed by atoms with Crippen molar-refractivity contribution >= 4 is 23.2 Å². The number of benzene rings is 2. The maximum atomic E-state index is 6.06. The number of hydrogen-bond acceptors (Lipinski definition) is 1. The lowest BCUT2D eigenvalue weighted by molar-refractivity contribution is 0.114. The molecule has 21 heavy (non-hydrogen) atoms. The molecule has 0 saturated heterocycles. The molecule has 0 aliphatic rings. The van der Waals surface area contributed by atoms with E-state index in [1.807, 2.05) is 36.4 Å². The van der Waals surface area contributed by atoms with Crippen LogP contribution in [0, 0.1) is 0 Å². The fraction of sp³-hybridized carbons (Fsp3) is 0.333. The van der Waals surface area contributed by atoms with E-state index in [9.17, 15) is 0 Å². The first-order valence-corrected chi connectivity index (χ1v) is 8.21. The predicted octanol–water partition coefficient (Wildman–Crippen LogP) is 5.05. The van der Waals surface area contributed by atoms with Gasteiger partial charge in [-0.15, -0.1) is 23.2 Å². The molecule has 0 aliphatic heterocycles. The smallest absolute Gasteiger partial charge is 0.0546 e. The lowest BCUT2D eigenvalue weighted by atomic mass is 10.0. The quantitative estimate of drug-likeness (QED) is 0.618. The summed E-state index contributed by atoms with van der Waals surface area (Å²) in [7, 11) is 0. The van der Waals surface area contributed by atoms with Gasteiger partial charge in [0.05, 0.1) is 13.2 Å². The molecule has 3 heteroatoms. The lowest BCUT2D eigenvalue weighted by Gasteiger charge is -2.18. The van der Waals surface area contributed by atoms with Crippen molar-refractivity contribution in [1.29, 1.82) is 0 Å². The average molecular weight is 323 g/mol. The Hall–Kier alpha value is -1.02. The molecule has 0 aliphatic carbocycles.